The van der Waals surface area contributed by atoms with Gasteiger partial charge in [-0.1, -0.05) is 93.1 Å². The minimum atomic E-state index is -1.20. The number of carboxylic acids is 1. The van der Waals surface area contributed by atoms with Gasteiger partial charge in [0.15, 0.2) is 0 Å². The van der Waals surface area contributed by atoms with E-state index in [9.17, 15) is 29.4 Å². The summed E-state index contributed by atoms with van der Waals surface area (Å²) in [6.07, 6.45) is 0.934. The van der Waals surface area contributed by atoms with Gasteiger partial charge in [0.25, 0.3) is 0 Å². The summed E-state index contributed by atoms with van der Waals surface area (Å²) in [6, 6.07) is 20.1. The lowest BCUT2D eigenvalue weighted by Crippen LogP contribution is -2.59. The topological polar surface area (TPSA) is 171 Å². The summed E-state index contributed by atoms with van der Waals surface area (Å²) in [5.41, 5.74) is 8.44. The van der Waals surface area contributed by atoms with E-state index in [1.54, 1.807) is 43.3 Å². The summed E-state index contributed by atoms with van der Waals surface area (Å²) >= 11 is 0. The Labute approximate surface area is 251 Å². The first kappa shape index (κ1) is 32.8. The van der Waals surface area contributed by atoms with Gasteiger partial charge in [0.1, 0.15) is 23.9 Å². The molecule has 0 aromatic heterocycles. The molecule has 0 spiro atoms. The highest BCUT2D eigenvalue weighted by molar-refractivity contribution is 5.94. The first-order valence-corrected chi connectivity index (χ1v) is 14.3. The molecular weight excluding hydrogens is 548 g/mol. The van der Waals surface area contributed by atoms with Crippen molar-refractivity contribution in [3.8, 4) is 5.75 Å². The molecule has 0 saturated carbocycles. The van der Waals surface area contributed by atoms with Crippen LogP contribution in [0.1, 0.15) is 37.0 Å². The molecule has 5 unspecified atom stereocenters. The highest BCUT2D eigenvalue weighted by Gasteiger charge is 2.33. The van der Waals surface area contributed by atoms with Crippen molar-refractivity contribution in [1.82, 2.24) is 16.0 Å². The van der Waals surface area contributed by atoms with Crippen LogP contribution in [0.2, 0.25) is 0 Å². The number of phenolic OH excluding ortho intramolecular Hbond substituents is 1. The van der Waals surface area contributed by atoms with E-state index in [-0.39, 0.29) is 30.9 Å². The van der Waals surface area contributed by atoms with E-state index in [2.05, 4.69) is 16.0 Å². The average Bonchev–Trinajstić information content (AvgIpc) is 3.00. The number of carbonyl (C=O) groups is 4. The van der Waals surface area contributed by atoms with E-state index < -0.39 is 47.9 Å². The number of aromatic hydroxyl groups is 1. The maximum absolute atomic E-state index is 13.7. The maximum atomic E-state index is 13.7. The van der Waals surface area contributed by atoms with Crippen molar-refractivity contribution in [2.24, 2.45) is 11.7 Å². The molecule has 0 aliphatic heterocycles. The van der Waals surface area contributed by atoms with Crippen LogP contribution in [0.3, 0.4) is 0 Å². The summed E-state index contributed by atoms with van der Waals surface area (Å²) in [4.78, 5) is 52.2. The Morgan fingerprint density at radius 1 is 0.674 bits per heavy atom. The predicted molar refractivity (Wildman–Crippen MR) is 163 cm³/mol. The molecule has 10 heteroatoms. The summed E-state index contributed by atoms with van der Waals surface area (Å²) < 4.78 is 0. The zero-order valence-electron chi connectivity index (χ0n) is 24.4. The molecule has 0 aliphatic rings. The van der Waals surface area contributed by atoms with Gasteiger partial charge >= 0.3 is 5.97 Å². The normalized spacial score (nSPS) is 14.4. The molecule has 228 valence electrons. The number of nitrogens with one attached hydrogen (secondary N) is 3. The Bertz CT molecular complexity index is 1350. The zero-order chi connectivity index (χ0) is 31.4. The number of carbonyl (C=O) groups excluding carboxylic acids is 3. The van der Waals surface area contributed by atoms with Gasteiger partial charge in [-0.2, -0.15) is 0 Å². The van der Waals surface area contributed by atoms with Gasteiger partial charge < -0.3 is 31.9 Å². The number of rotatable bonds is 15. The minimum Gasteiger partial charge on any atom is -0.508 e. The monoisotopic (exact) mass is 588 g/mol. The Morgan fingerprint density at radius 2 is 1.16 bits per heavy atom. The summed E-state index contributed by atoms with van der Waals surface area (Å²) in [7, 11) is 0. The number of phenols is 1. The second-order valence-corrected chi connectivity index (χ2v) is 10.7. The van der Waals surface area contributed by atoms with Crippen molar-refractivity contribution in [2.45, 2.75) is 63.7 Å². The number of nitrogens with two attached hydrogens (primary N) is 1. The molecule has 43 heavy (non-hydrogen) atoms. The molecule has 3 amide bonds. The standard InChI is InChI=1S/C33H40N4O6/c1-3-21(2)29(32(41)36-28(33(42)43)20-23-12-8-5-9-13-23)37-31(40)27(19-22-10-6-4-7-11-22)35-30(39)26(34)18-24-14-16-25(38)17-15-24/h4-17,21,26-29,38H,3,18-20,34H2,1-2H3,(H,35,39)(H,36,41)(H,37,40)(H,42,43). The van der Waals surface area contributed by atoms with E-state index in [1.165, 1.54) is 12.1 Å². The fourth-order valence-electron chi connectivity index (χ4n) is 4.58. The van der Waals surface area contributed by atoms with E-state index in [0.29, 0.717) is 6.42 Å². The average molecular weight is 589 g/mol. The molecule has 5 atom stereocenters. The molecule has 0 bridgehead atoms. The first-order chi connectivity index (χ1) is 20.6. The fraction of sp³-hybridized carbons (Fsp3) is 0.333. The van der Waals surface area contributed by atoms with Crippen LogP contribution in [0.5, 0.6) is 5.75 Å². The van der Waals surface area contributed by atoms with Crippen LogP contribution in [0.4, 0.5) is 0 Å². The van der Waals surface area contributed by atoms with Gasteiger partial charge in [-0.25, -0.2) is 4.79 Å². The molecule has 0 saturated heterocycles. The van der Waals surface area contributed by atoms with Crippen LogP contribution < -0.4 is 21.7 Å². The Morgan fingerprint density at radius 3 is 1.67 bits per heavy atom. The lowest BCUT2D eigenvalue weighted by Gasteiger charge is -2.28. The molecular formula is C33H40N4O6. The SMILES string of the molecule is CCC(C)C(NC(=O)C(Cc1ccccc1)NC(=O)C(N)Cc1ccc(O)cc1)C(=O)NC(Cc1ccccc1)C(=O)O. The van der Waals surface area contributed by atoms with Crippen LogP contribution in [-0.2, 0) is 38.4 Å². The number of hydrogen-bond donors (Lipinski definition) is 6. The van der Waals surface area contributed by atoms with Crippen LogP contribution in [0, 0.1) is 5.92 Å². The third-order valence-electron chi connectivity index (χ3n) is 7.33. The van der Waals surface area contributed by atoms with Crippen LogP contribution >= 0.6 is 0 Å². The van der Waals surface area contributed by atoms with Gasteiger partial charge in [-0.15, -0.1) is 0 Å². The van der Waals surface area contributed by atoms with Crippen molar-refractivity contribution in [1.29, 1.82) is 0 Å². The second-order valence-electron chi connectivity index (χ2n) is 10.7. The van der Waals surface area contributed by atoms with Crippen LogP contribution in [0.15, 0.2) is 84.9 Å². The van der Waals surface area contributed by atoms with Crippen molar-refractivity contribution >= 4 is 23.7 Å². The van der Waals surface area contributed by atoms with Crippen molar-refractivity contribution in [3.63, 3.8) is 0 Å². The first-order valence-electron chi connectivity index (χ1n) is 14.3. The quantitative estimate of drug-likeness (QED) is 0.158. The lowest BCUT2D eigenvalue weighted by molar-refractivity contribution is -0.142. The number of amides is 3. The third kappa shape index (κ3) is 10.3. The van der Waals surface area contributed by atoms with Gasteiger partial charge in [-0.05, 0) is 41.2 Å². The van der Waals surface area contributed by atoms with Crippen molar-refractivity contribution < 1.29 is 29.4 Å². The number of hydrogen-bond acceptors (Lipinski definition) is 6. The second kappa shape index (κ2) is 16.1. The fourth-order valence-corrected chi connectivity index (χ4v) is 4.58. The van der Waals surface area contributed by atoms with E-state index >= 15 is 0 Å². The van der Waals surface area contributed by atoms with Crippen molar-refractivity contribution in [3.05, 3.63) is 102 Å². The maximum Gasteiger partial charge on any atom is 0.326 e. The number of aliphatic carboxylic acids is 1. The van der Waals surface area contributed by atoms with Crippen molar-refractivity contribution in [2.75, 3.05) is 0 Å². The number of benzene rings is 3. The van der Waals surface area contributed by atoms with Crippen LogP contribution in [0.25, 0.3) is 0 Å². The Kier molecular flexibility index (Phi) is 12.3. The molecule has 7 N–H and O–H groups in total. The molecule has 0 radical (unpaired) electrons. The van der Waals surface area contributed by atoms with Gasteiger partial charge in [0.2, 0.25) is 17.7 Å². The Hall–Kier alpha value is -4.70. The molecule has 0 fully saturated rings. The molecule has 3 aromatic carbocycles. The highest BCUT2D eigenvalue weighted by Crippen LogP contribution is 2.13. The van der Waals surface area contributed by atoms with Gasteiger partial charge in [-0.3, -0.25) is 14.4 Å². The molecule has 3 aromatic rings. The highest BCUT2D eigenvalue weighted by atomic mass is 16.4. The molecule has 3 rings (SSSR count). The van der Waals surface area contributed by atoms with Gasteiger partial charge in [0.05, 0.1) is 6.04 Å². The zero-order valence-corrected chi connectivity index (χ0v) is 24.4. The smallest absolute Gasteiger partial charge is 0.326 e. The lowest BCUT2D eigenvalue weighted by atomic mass is 9.96. The van der Waals surface area contributed by atoms with Gasteiger partial charge in [0, 0.05) is 12.8 Å². The summed E-state index contributed by atoms with van der Waals surface area (Å²) in [6.45, 7) is 3.65. The predicted octanol–water partition coefficient (Wildman–Crippen LogP) is 2.33. The third-order valence-corrected chi connectivity index (χ3v) is 7.33. The van der Waals surface area contributed by atoms with E-state index in [1.807, 2.05) is 43.3 Å². The largest absolute Gasteiger partial charge is 0.508 e. The van der Waals surface area contributed by atoms with E-state index in [4.69, 9.17) is 5.73 Å². The molecule has 0 heterocycles. The minimum absolute atomic E-state index is 0.0781. The molecule has 10 nitrogen and oxygen atoms in total. The summed E-state index contributed by atoms with van der Waals surface area (Å²) in [5.74, 6) is -3.20. The number of carboxylic acid groups (broad SMARTS) is 1. The molecule has 0 aliphatic carbocycles. The summed E-state index contributed by atoms with van der Waals surface area (Å²) in [5, 5.41) is 27.4. The Balaban J connectivity index is 1.76. The van der Waals surface area contributed by atoms with E-state index in [0.717, 1.165) is 16.7 Å². The van der Waals surface area contributed by atoms with Crippen LogP contribution in [-0.4, -0.2) is 58.1 Å².